The van der Waals surface area contributed by atoms with Crippen LogP contribution in [-0.4, -0.2) is 22.6 Å². The number of rotatable bonds is 7. The average Bonchev–Trinajstić information content (AvgIpc) is 3.34. The van der Waals surface area contributed by atoms with Gasteiger partial charge in [-0.25, -0.2) is 9.98 Å². The molecule has 27 heavy (non-hydrogen) atoms. The summed E-state index contributed by atoms with van der Waals surface area (Å²) >= 11 is 0. The van der Waals surface area contributed by atoms with Gasteiger partial charge in [0.2, 0.25) is 5.89 Å². The summed E-state index contributed by atoms with van der Waals surface area (Å²) in [5.74, 6) is 2.40. The molecule has 0 atom stereocenters. The zero-order chi connectivity index (χ0) is 19.1. The summed E-state index contributed by atoms with van der Waals surface area (Å²) in [6.07, 6.45) is 1.64. The third kappa shape index (κ3) is 5.20. The number of oxazole rings is 1. The van der Waals surface area contributed by atoms with Crippen LogP contribution in [0.2, 0.25) is 0 Å². The quantitative estimate of drug-likeness (QED) is 0.489. The van der Waals surface area contributed by atoms with Crippen LogP contribution in [0.15, 0.2) is 56.6 Å². The van der Waals surface area contributed by atoms with Gasteiger partial charge < -0.3 is 19.6 Å². The molecule has 1 aromatic carbocycles. The standard InChI is InChI=1S/C20H25N5O2/c1-4-21-20(23-12-17-10-18(14(2)3)25-27-17)22-11-16-13-26-19(24-16)15-8-6-5-7-9-15/h5-10,13-14H,4,11-12H2,1-3H3,(H2,21,22,23). The molecular weight excluding hydrogens is 342 g/mol. The zero-order valence-electron chi connectivity index (χ0n) is 15.9. The van der Waals surface area contributed by atoms with Crippen molar-refractivity contribution in [3.63, 3.8) is 0 Å². The molecule has 3 rings (SSSR count). The molecule has 0 bridgehead atoms. The minimum atomic E-state index is 0.343. The van der Waals surface area contributed by atoms with Crippen LogP contribution in [0.3, 0.4) is 0 Å². The summed E-state index contributed by atoms with van der Waals surface area (Å²) in [5.41, 5.74) is 2.67. The highest BCUT2D eigenvalue weighted by Gasteiger charge is 2.09. The lowest BCUT2D eigenvalue weighted by molar-refractivity contribution is 0.372. The molecule has 0 aliphatic carbocycles. The van der Waals surface area contributed by atoms with Crippen LogP contribution in [0.4, 0.5) is 0 Å². The summed E-state index contributed by atoms with van der Waals surface area (Å²) in [6, 6.07) is 11.8. The van der Waals surface area contributed by atoms with Gasteiger partial charge in [-0.05, 0) is 25.0 Å². The first-order valence-corrected chi connectivity index (χ1v) is 9.13. The largest absolute Gasteiger partial charge is 0.444 e. The topological polar surface area (TPSA) is 88.5 Å². The molecule has 2 heterocycles. The number of nitrogens with one attached hydrogen (secondary N) is 2. The van der Waals surface area contributed by atoms with Crippen molar-refractivity contribution in [1.29, 1.82) is 0 Å². The first-order chi connectivity index (χ1) is 13.2. The van der Waals surface area contributed by atoms with Crippen molar-refractivity contribution in [1.82, 2.24) is 20.8 Å². The Bertz CT molecular complexity index is 867. The lowest BCUT2D eigenvalue weighted by Crippen LogP contribution is -2.36. The van der Waals surface area contributed by atoms with Gasteiger partial charge in [-0.2, -0.15) is 0 Å². The monoisotopic (exact) mass is 367 g/mol. The molecule has 2 N–H and O–H groups in total. The fourth-order valence-corrected chi connectivity index (χ4v) is 2.45. The number of aliphatic imine (C=N–C) groups is 1. The van der Waals surface area contributed by atoms with Crippen LogP contribution in [-0.2, 0) is 13.1 Å². The highest BCUT2D eigenvalue weighted by Crippen LogP contribution is 2.18. The Morgan fingerprint density at radius 1 is 1.19 bits per heavy atom. The highest BCUT2D eigenvalue weighted by atomic mass is 16.5. The molecule has 0 amide bonds. The van der Waals surface area contributed by atoms with Crippen molar-refractivity contribution in [2.45, 2.75) is 39.8 Å². The van der Waals surface area contributed by atoms with E-state index in [-0.39, 0.29) is 0 Å². The van der Waals surface area contributed by atoms with Gasteiger partial charge in [0, 0.05) is 18.2 Å². The van der Waals surface area contributed by atoms with Crippen molar-refractivity contribution >= 4 is 5.96 Å². The Kier molecular flexibility index (Phi) is 6.25. The number of hydrogen-bond donors (Lipinski definition) is 2. The first kappa shape index (κ1) is 18.7. The molecule has 7 heteroatoms. The number of hydrogen-bond acceptors (Lipinski definition) is 5. The Labute approximate surface area is 158 Å². The SMILES string of the molecule is CCNC(=NCc1coc(-c2ccccc2)n1)NCc1cc(C(C)C)no1. The lowest BCUT2D eigenvalue weighted by atomic mass is 10.1. The van der Waals surface area contributed by atoms with Crippen molar-refractivity contribution < 1.29 is 8.94 Å². The van der Waals surface area contributed by atoms with E-state index < -0.39 is 0 Å². The third-order valence-corrected chi connectivity index (χ3v) is 3.91. The van der Waals surface area contributed by atoms with Crippen molar-refractivity contribution in [3.8, 4) is 11.5 Å². The van der Waals surface area contributed by atoms with Gasteiger partial charge in [-0.1, -0.05) is 37.2 Å². The van der Waals surface area contributed by atoms with E-state index in [4.69, 9.17) is 8.94 Å². The van der Waals surface area contributed by atoms with Crippen LogP contribution in [0, 0.1) is 0 Å². The Balaban J connectivity index is 1.61. The number of aromatic nitrogens is 2. The minimum Gasteiger partial charge on any atom is -0.444 e. The summed E-state index contributed by atoms with van der Waals surface area (Å²) in [6.45, 7) is 7.88. The van der Waals surface area contributed by atoms with E-state index >= 15 is 0 Å². The van der Waals surface area contributed by atoms with E-state index in [1.165, 1.54) is 0 Å². The van der Waals surface area contributed by atoms with Crippen LogP contribution >= 0.6 is 0 Å². The molecule has 0 aliphatic heterocycles. The molecule has 0 saturated heterocycles. The maximum atomic E-state index is 5.55. The Morgan fingerprint density at radius 2 is 2.00 bits per heavy atom. The average molecular weight is 367 g/mol. The minimum absolute atomic E-state index is 0.343. The van der Waals surface area contributed by atoms with Gasteiger partial charge in [-0.15, -0.1) is 0 Å². The predicted molar refractivity (Wildman–Crippen MR) is 104 cm³/mol. The van der Waals surface area contributed by atoms with Crippen LogP contribution in [0.5, 0.6) is 0 Å². The molecule has 0 saturated carbocycles. The molecular formula is C20H25N5O2. The van der Waals surface area contributed by atoms with Gasteiger partial charge >= 0.3 is 0 Å². The fourth-order valence-electron chi connectivity index (χ4n) is 2.45. The smallest absolute Gasteiger partial charge is 0.226 e. The van der Waals surface area contributed by atoms with E-state index in [2.05, 4.69) is 39.6 Å². The Hall–Kier alpha value is -3.09. The van der Waals surface area contributed by atoms with E-state index in [0.29, 0.717) is 30.9 Å². The van der Waals surface area contributed by atoms with Crippen LogP contribution < -0.4 is 10.6 Å². The van der Waals surface area contributed by atoms with E-state index in [0.717, 1.165) is 29.3 Å². The fraction of sp³-hybridized carbons (Fsp3) is 0.350. The molecule has 0 radical (unpaired) electrons. The second-order valence-corrected chi connectivity index (χ2v) is 6.43. The number of guanidine groups is 1. The van der Waals surface area contributed by atoms with Gasteiger partial charge in [-0.3, -0.25) is 0 Å². The maximum absolute atomic E-state index is 5.55. The number of nitrogens with zero attached hydrogens (tertiary/aromatic N) is 3. The highest BCUT2D eigenvalue weighted by molar-refractivity contribution is 5.79. The molecule has 0 fully saturated rings. The lowest BCUT2D eigenvalue weighted by Gasteiger charge is -2.09. The summed E-state index contributed by atoms with van der Waals surface area (Å²) in [7, 11) is 0. The van der Waals surface area contributed by atoms with Gasteiger partial charge in [0.15, 0.2) is 11.7 Å². The second kappa shape index (κ2) is 9.02. The molecule has 0 aliphatic rings. The summed E-state index contributed by atoms with van der Waals surface area (Å²) in [4.78, 5) is 9.05. The van der Waals surface area contributed by atoms with Gasteiger partial charge in [0.05, 0.1) is 18.8 Å². The first-order valence-electron chi connectivity index (χ1n) is 9.13. The predicted octanol–water partition coefficient (Wildman–Crippen LogP) is 3.71. The van der Waals surface area contributed by atoms with Crippen LogP contribution in [0.1, 0.15) is 43.8 Å². The van der Waals surface area contributed by atoms with E-state index in [9.17, 15) is 0 Å². The molecule has 3 aromatic rings. The maximum Gasteiger partial charge on any atom is 0.226 e. The van der Waals surface area contributed by atoms with Crippen molar-refractivity contribution in [3.05, 3.63) is 59.8 Å². The third-order valence-electron chi connectivity index (χ3n) is 3.91. The van der Waals surface area contributed by atoms with E-state index in [1.807, 2.05) is 43.3 Å². The van der Waals surface area contributed by atoms with Crippen molar-refractivity contribution in [2.24, 2.45) is 4.99 Å². The second-order valence-electron chi connectivity index (χ2n) is 6.43. The Morgan fingerprint density at radius 3 is 2.70 bits per heavy atom. The van der Waals surface area contributed by atoms with Crippen LogP contribution in [0.25, 0.3) is 11.5 Å². The van der Waals surface area contributed by atoms with E-state index in [1.54, 1.807) is 6.26 Å². The molecule has 0 spiro atoms. The van der Waals surface area contributed by atoms with Crippen molar-refractivity contribution in [2.75, 3.05) is 6.54 Å². The summed E-state index contributed by atoms with van der Waals surface area (Å²) < 4.78 is 10.9. The molecule has 142 valence electrons. The number of benzene rings is 1. The van der Waals surface area contributed by atoms with Gasteiger partial charge in [0.25, 0.3) is 0 Å². The molecule has 2 aromatic heterocycles. The molecule has 0 unspecified atom stereocenters. The van der Waals surface area contributed by atoms with Gasteiger partial charge in [0.1, 0.15) is 12.0 Å². The molecule has 7 nitrogen and oxygen atoms in total. The summed E-state index contributed by atoms with van der Waals surface area (Å²) in [5, 5.41) is 10.5. The normalized spacial score (nSPS) is 11.8. The zero-order valence-corrected chi connectivity index (χ0v) is 15.9.